The topological polar surface area (TPSA) is 251 Å². The quantitative estimate of drug-likeness (QED) is 0.0355. The molecule has 0 radical (unpaired) electrons. The Morgan fingerprint density at radius 1 is 1.24 bits per heavy atom. The average molecular weight is 691 g/mol. The fourth-order valence-corrected chi connectivity index (χ4v) is 7.32. The number of thiazole rings is 1. The number of carbonyl (C=O) groups is 4. The standard InChI is InChI=1S/C26H23N7O10S3/c27-26-28-15(11-46-26)19(30-43-8-13-5-16(34)17(35)6-32(13)42)22(38)29-20-23(39)33-21(25(40)41)12(10-45-24(20)33)9-44-14-1-3-31(4-2-14)7-18(36)37/h1-6,11,20,24,42H,7-10H2,(H5-,27,28,29,35,36,37,38,40,41)/p+1/b30-19-/t20-,24-/m1/s1. The maximum absolute atomic E-state index is 13.3. The highest BCUT2D eigenvalue weighted by Gasteiger charge is 2.54. The van der Waals surface area contributed by atoms with Crippen molar-refractivity contribution in [1.29, 1.82) is 0 Å². The van der Waals surface area contributed by atoms with Gasteiger partial charge in [0.25, 0.3) is 11.8 Å². The summed E-state index contributed by atoms with van der Waals surface area (Å²) in [6.45, 7) is -0.687. The summed E-state index contributed by atoms with van der Waals surface area (Å²) in [5.41, 5.74) is 4.82. The van der Waals surface area contributed by atoms with Crippen molar-refractivity contribution < 1.29 is 49.1 Å². The molecule has 0 unspecified atom stereocenters. The Labute approximate surface area is 270 Å². The van der Waals surface area contributed by atoms with Crippen LogP contribution in [0.5, 0.6) is 5.75 Å². The average Bonchev–Trinajstić information content (AvgIpc) is 3.44. The highest BCUT2D eigenvalue weighted by Crippen LogP contribution is 2.41. The van der Waals surface area contributed by atoms with Crippen LogP contribution in [-0.2, 0) is 37.2 Å². The third-order valence-corrected chi connectivity index (χ3v) is 9.68. The molecule has 46 heavy (non-hydrogen) atoms. The number of amides is 2. The molecule has 0 saturated carbocycles. The predicted molar refractivity (Wildman–Crippen MR) is 162 cm³/mol. The van der Waals surface area contributed by atoms with Crippen molar-refractivity contribution in [2.75, 3.05) is 17.2 Å². The highest BCUT2D eigenvalue weighted by molar-refractivity contribution is 8.01. The molecule has 1 fully saturated rings. The maximum atomic E-state index is 13.3. The van der Waals surface area contributed by atoms with Gasteiger partial charge in [0.2, 0.25) is 12.0 Å². The molecule has 0 bridgehead atoms. The number of aromatic hydroxyl groups is 1. The minimum absolute atomic E-state index is 0.0202. The van der Waals surface area contributed by atoms with Gasteiger partial charge in [0.05, 0.1) is 6.20 Å². The first-order valence-corrected chi connectivity index (χ1v) is 15.9. The van der Waals surface area contributed by atoms with Gasteiger partial charge in [-0.15, -0.1) is 34.9 Å². The molecule has 7 N–H and O–H groups in total. The molecule has 3 aromatic rings. The van der Waals surface area contributed by atoms with Gasteiger partial charge in [-0.3, -0.25) is 19.3 Å². The van der Waals surface area contributed by atoms with E-state index in [2.05, 4.69) is 15.5 Å². The molecule has 20 heteroatoms. The molecule has 2 aliphatic rings. The predicted octanol–water partition coefficient (Wildman–Crippen LogP) is -0.346. The van der Waals surface area contributed by atoms with E-state index in [1.807, 2.05) is 0 Å². The minimum atomic E-state index is -1.29. The molecule has 0 spiro atoms. The third-order valence-electron chi connectivity index (χ3n) is 6.56. The molecule has 0 aromatic carbocycles. The lowest BCUT2D eigenvalue weighted by molar-refractivity contribution is -0.686. The number of pyridine rings is 2. The Bertz CT molecular complexity index is 1840. The summed E-state index contributed by atoms with van der Waals surface area (Å²) in [4.78, 5) is 72.5. The van der Waals surface area contributed by atoms with Crippen molar-refractivity contribution in [3.8, 4) is 5.75 Å². The number of anilines is 1. The number of nitrogen functional groups attached to an aromatic ring is 1. The van der Waals surface area contributed by atoms with Gasteiger partial charge < -0.3 is 36.4 Å². The molecular formula is C26H24N7O10S3+. The number of carbonyl (C=O) groups excluding carboxylic acids is 2. The number of β-lactam (4-membered cyclic amide) rings is 1. The number of aromatic nitrogens is 3. The van der Waals surface area contributed by atoms with Gasteiger partial charge in [0.15, 0.2) is 35.6 Å². The Morgan fingerprint density at radius 3 is 2.63 bits per heavy atom. The van der Waals surface area contributed by atoms with Crippen LogP contribution >= 0.6 is 34.9 Å². The smallest absolute Gasteiger partial charge is 0.370 e. The number of oxime groups is 1. The second kappa shape index (κ2) is 13.5. The Balaban J connectivity index is 1.28. The van der Waals surface area contributed by atoms with E-state index in [0.29, 0.717) is 10.3 Å². The van der Waals surface area contributed by atoms with E-state index in [-0.39, 0.29) is 46.0 Å². The van der Waals surface area contributed by atoms with Crippen LogP contribution in [0, 0.1) is 0 Å². The second-order valence-corrected chi connectivity index (χ2v) is 12.7. The van der Waals surface area contributed by atoms with Crippen LogP contribution in [0.1, 0.15) is 11.4 Å². The zero-order valence-corrected chi connectivity index (χ0v) is 25.8. The van der Waals surface area contributed by atoms with Crippen LogP contribution in [0.2, 0.25) is 0 Å². The Hall–Kier alpha value is -5.08. The van der Waals surface area contributed by atoms with E-state index in [9.17, 15) is 39.4 Å². The van der Waals surface area contributed by atoms with Crippen molar-refractivity contribution >= 4 is 69.5 Å². The van der Waals surface area contributed by atoms with Crippen LogP contribution in [-0.4, -0.2) is 87.5 Å². The van der Waals surface area contributed by atoms with Gasteiger partial charge in [-0.2, -0.15) is 9.30 Å². The van der Waals surface area contributed by atoms with Crippen LogP contribution < -0.4 is 21.0 Å². The van der Waals surface area contributed by atoms with Crippen molar-refractivity contribution in [1.82, 2.24) is 19.9 Å². The monoisotopic (exact) mass is 690 g/mol. The van der Waals surface area contributed by atoms with Crippen molar-refractivity contribution in [2.24, 2.45) is 5.16 Å². The molecule has 17 nitrogen and oxygen atoms in total. The number of nitrogens with one attached hydrogen (secondary N) is 1. The first-order valence-electron chi connectivity index (χ1n) is 13.0. The molecule has 5 rings (SSSR count). The Kier molecular flexibility index (Phi) is 9.49. The number of fused-ring (bicyclic) bond motifs is 1. The molecular weight excluding hydrogens is 667 g/mol. The summed E-state index contributed by atoms with van der Waals surface area (Å²) in [6.07, 6.45) is 3.96. The van der Waals surface area contributed by atoms with Gasteiger partial charge >= 0.3 is 11.9 Å². The molecule has 2 atom stereocenters. The SMILES string of the molecule is Nc1nc(/C(=N/OCc2cc(=O)c(O)cn2O)C(=O)N[C@@H]2C(=O)N3C(C(=O)O)=C(CSc4cc[n+](CC(=O)O)cc4)CS[C@H]23)cs1. The fraction of sp³-hybridized carbons (Fsp3) is 0.231. The normalized spacial score (nSPS) is 17.7. The fourth-order valence-electron chi connectivity index (χ4n) is 4.40. The molecule has 2 aliphatic heterocycles. The zero-order valence-electron chi connectivity index (χ0n) is 23.3. The number of aliphatic carboxylic acids is 2. The maximum Gasteiger partial charge on any atom is 0.370 e. The molecule has 240 valence electrons. The van der Waals surface area contributed by atoms with E-state index in [1.165, 1.54) is 33.5 Å². The number of thioether (sulfide) groups is 2. The lowest BCUT2D eigenvalue weighted by Gasteiger charge is -2.49. The number of carboxylic acid groups (broad SMARTS) is 2. The molecule has 1 saturated heterocycles. The highest BCUT2D eigenvalue weighted by atomic mass is 32.2. The van der Waals surface area contributed by atoms with E-state index >= 15 is 0 Å². The summed E-state index contributed by atoms with van der Waals surface area (Å²) in [6, 6.07) is 3.23. The van der Waals surface area contributed by atoms with Crippen molar-refractivity contribution in [3.63, 3.8) is 0 Å². The summed E-state index contributed by atoms with van der Waals surface area (Å²) in [5.74, 6) is -3.97. The number of carboxylic acids is 2. The summed E-state index contributed by atoms with van der Waals surface area (Å²) in [5, 5.41) is 45.4. The van der Waals surface area contributed by atoms with Gasteiger partial charge in [-0.05, 0) is 5.57 Å². The first kappa shape index (κ1) is 32.3. The largest absolute Gasteiger partial charge is 0.503 e. The van der Waals surface area contributed by atoms with Gasteiger partial charge in [0.1, 0.15) is 28.5 Å². The Morgan fingerprint density at radius 2 is 1.98 bits per heavy atom. The lowest BCUT2D eigenvalue weighted by atomic mass is 10.0. The zero-order chi connectivity index (χ0) is 33.1. The van der Waals surface area contributed by atoms with Crippen LogP contribution in [0.3, 0.4) is 0 Å². The molecule has 5 heterocycles. The third kappa shape index (κ3) is 6.92. The summed E-state index contributed by atoms with van der Waals surface area (Å²) in [7, 11) is 0. The van der Waals surface area contributed by atoms with Crippen LogP contribution in [0.25, 0.3) is 0 Å². The van der Waals surface area contributed by atoms with Crippen LogP contribution in [0.4, 0.5) is 5.13 Å². The first-order chi connectivity index (χ1) is 21.9. The molecule has 2 amide bonds. The number of nitrogens with two attached hydrogens (primary N) is 1. The van der Waals surface area contributed by atoms with Gasteiger partial charge in [0, 0.05) is 40.0 Å². The molecule has 0 aliphatic carbocycles. The van der Waals surface area contributed by atoms with Gasteiger partial charge in [-0.25, -0.2) is 14.6 Å². The minimum Gasteiger partial charge on any atom is -0.503 e. The van der Waals surface area contributed by atoms with E-state index in [4.69, 9.17) is 15.7 Å². The number of hydrogen-bond acceptors (Lipinski definition) is 14. The number of hydrogen-bond donors (Lipinski definition) is 6. The number of nitrogens with zero attached hydrogens (tertiary/aromatic N) is 5. The molecule has 3 aromatic heterocycles. The lowest BCUT2D eigenvalue weighted by Crippen LogP contribution is -2.71. The van der Waals surface area contributed by atoms with Gasteiger partial charge in [-0.1, -0.05) is 5.16 Å². The van der Waals surface area contributed by atoms with E-state index in [0.717, 1.165) is 33.4 Å². The second-order valence-electron chi connectivity index (χ2n) is 9.65. The van der Waals surface area contributed by atoms with E-state index < -0.39 is 53.0 Å². The summed E-state index contributed by atoms with van der Waals surface area (Å²) >= 11 is 3.62. The summed E-state index contributed by atoms with van der Waals surface area (Å²) < 4.78 is 1.93. The number of rotatable bonds is 12. The van der Waals surface area contributed by atoms with E-state index in [1.54, 1.807) is 24.5 Å². The van der Waals surface area contributed by atoms with Crippen LogP contribution in [0.15, 0.2) is 68.3 Å². The van der Waals surface area contributed by atoms with Crippen molar-refractivity contribution in [3.05, 3.63) is 75.1 Å². The van der Waals surface area contributed by atoms with Crippen molar-refractivity contribution in [2.45, 2.75) is 29.5 Å².